The molecule has 9 unspecified atom stereocenters. The summed E-state index contributed by atoms with van der Waals surface area (Å²) in [5.74, 6) is -0.705. The molecule has 94 heavy (non-hydrogen) atoms. The molecule has 0 aliphatic carbocycles. The number of nitrogens with one attached hydrogen (secondary N) is 1. The summed E-state index contributed by atoms with van der Waals surface area (Å²) in [6.07, 6.45) is 83.9. The standard InChI is InChI=1S/C83H157NO10/c1-3-5-7-9-11-13-15-17-19-21-23-25-27-29-31-33-34-35-36-37-38-39-40-41-43-45-47-49-51-53-55-57-59-61-63-65-67-69-71-76(87)82(92)84-74(73-93-83-81(91)80(90)79(89)77(72-85)94-83)78(88)75(86)70-68-66-64-62-60-58-56-54-52-50-48-46-44-42-32-30-28-26-24-22-20-18-16-14-12-10-8-6-4-2/h34-35,37-38,54,56,62,64,74-81,83,85-91H,3-33,36,39-53,55,57-61,63,65-73H2,1-2H3,(H,84,92)/b35-34-,38-37-,56-54+,64-62+. The zero-order valence-electron chi connectivity index (χ0n) is 61.7. The number of unbranched alkanes of at least 4 members (excludes halogenated alkanes) is 53. The molecule has 8 N–H and O–H groups in total. The molecule has 0 spiro atoms. The molecule has 0 aromatic carbocycles. The Morgan fingerprint density at radius 1 is 0.372 bits per heavy atom. The van der Waals surface area contributed by atoms with E-state index in [1.54, 1.807) is 0 Å². The number of allylic oxidation sites excluding steroid dienone is 8. The number of carbonyl (C=O) groups excluding carboxylic acids is 1. The Kier molecular flexibility index (Phi) is 68.0. The molecule has 11 nitrogen and oxygen atoms in total. The van der Waals surface area contributed by atoms with Gasteiger partial charge in [-0.1, -0.05) is 371 Å². The summed E-state index contributed by atoms with van der Waals surface area (Å²) in [4.78, 5) is 13.3. The van der Waals surface area contributed by atoms with Crippen molar-refractivity contribution in [2.45, 2.75) is 461 Å². The van der Waals surface area contributed by atoms with Gasteiger partial charge in [0.2, 0.25) is 5.91 Å². The van der Waals surface area contributed by atoms with Gasteiger partial charge in [-0.2, -0.15) is 0 Å². The van der Waals surface area contributed by atoms with Crippen molar-refractivity contribution in [1.82, 2.24) is 5.32 Å². The first-order valence-electron chi connectivity index (χ1n) is 41.0. The Labute approximate surface area is 580 Å². The van der Waals surface area contributed by atoms with E-state index in [2.05, 4.69) is 67.8 Å². The second-order valence-corrected chi connectivity index (χ2v) is 28.8. The third-order valence-corrected chi connectivity index (χ3v) is 19.8. The van der Waals surface area contributed by atoms with Gasteiger partial charge in [-0.15, -0.1) is 0 Å². The molecule has 1 fully saturated rings. The van der Waals surface area contributed by atoms with Crippen LogP contribution in [0.3, 0.4) is 0 Å². The van der Waals surface area contributed by atoms with Crippen LogP contribution < -0.4 is 5.32 Å². The summed E-state index contributed by atoms with van der Waals surface area (Å²) in [6.45, 7) is 3.51. The quantitative estimate of drug-likeness (QED) is 0.0215. The Morgan fingerprint density at radius 3 is 1.01 bits per heavy atom. The fourth-order valence-electron chi connectivity index (χ4n) is 13.3. The second kappa shape index (κ2) is 70.9. The Hall–Kier alpha value is -1.93. The van der Waals surface area contributed by atoms with Gasteiger partial charge in [0.15, 0.2) is 6.29 Å². The number of aliphatic hydroxyl groups excluding tert-OH is 7. The summed E-state index contributed by atoms with van der Waals surface area (Å²) in [7, 11) is 0. The zero-order chi connectivity index (χ0) is 68.1. The van der Waals surface area contributed by atoms with Crippen molar-refractivity contribution < 1.29 is 50.0 Å². The maximum absolute atomic E-state index is 13.3. The van der Waals surface area contributed by atoms with Crippen LogP contribution in [0.5, 0.6) is 0 Å². The molecule has 0 aromatic rings. The van der Waals surface area contributed by atoms with Crippen LogP contribution in [0.25, 0.3) is 0 Å². The van der Waals surface area contributed by atoms with Gasteiger partial charge in [0.1, 0.15) is 36.6 Å². The van der Waals surface area contributed by atoms with Crippen molar-refractivity contribution in [2.24, 2.45) is 0 Å². The molecular formula is C83H157NO10. The van der Waals surface area contributed by atoms with Crippen LogP contribution in [0.15, 0.2) is 48.6 Å². The number of hydrogen-bond acceptors (Lipinski definition) is 10. The predicted molar refractivity (Wildman–Crippen MR) is 399 cm³/mol. The number of aliphatic hydroxyl groups is 7. The lowest BCUT2D eigenvalue weighted by Crippen LogP contribution is -2.60. The predicted octanol–water partition coefficient (Wildman–Crippen LogP) is 21.4. The number of amides is 1. The van der Waals surface area contributed by atoms with E-state index in [0.29, 0.717) is 19.3 Å². The highest BCUT2D eigenvalue weighted by Crippen LogP contribution is 2.24. The summed E-state index contributed by atoms with van der Waals surface area (Å²) in [6, 6.07) is -1.19. The molecule has 0 radical (unpaired) electrons. The van der Waals surface area contributed by atoms with Crippen molar-refractivity contribution in [3.63, 3.8) is 0 Å². The monoisotopic (exact) mass is 1330 g/mol. The molecule has 0 aromatic heterocycles. The molecular weight excluding hydrogens is 1170 g/mol. The van der Waals surface area contributed by atoms with Crippen LogP contribution in [0, 0.1) is 0 Å². The maximum Gasteiger partial charge on any atom is 0.249 e. The third kappa shape index (κ3) is 56.9. The van der Waals surface area contributed by atoms with Gasteiger partial charge in [-0.05, 0) is 83.5 Å². The van der Waals surface area contributed by atoms with Crippen molar-refractivity contribution >= 4 is 5.91 Å². The van der Waals surface area contributed by atoms with Gasteiger partial charge in [0.05, 0.1) is 25.4 Å². The summed E-state index contributed by atoms with van der Waals surface area (Å²) in [5.41, 5.74) is 0. The number of carbonyl (C=O) groups is 1. The van der Waals surface area contributed by atoms with Crippen molar-refractivity contribution in [3.05, 3.63) is 48.6 Å². The van der Waals surface area contributed by atoms with Gasteiger partial charge >= 0.3 is 0 Å². The molecule has 0 saturated carbocycles. The van der Waals surface area contributed by atoms with E-state index in [-0.39, 0.29) is 12.8 Å². The van der Waals surface area contributed by atoms with Crippen LogP contribution in [0.4, 0.5) is 0 Å². The van der Waals surface area contributed by atoms with Crippen LogP contribution in [0.1, 0.15) is 406 Å². The van der Waals surface area contributed by atoms with E-state index < -0.39 is 74.2 Å². The van der Waals surface area contributed by atoms with Gasteiger partial charge in [0.25, 0.3) is 0 Å². The number of hydrogen-bond donors (Lipinski definition) is 8. The van der Waals surface area contributed by atoms with E-state index in [9.17, 15) is 40.5 Å². The van der Waals surface area contributed by atoms with Gasteiger partial charge < -0.3 is 50.5 Å². The number of rotatable bonds is 73. The second-order valence-electron chi connectivity index (χ2n) is 28.8. The third-order valence-electron chi connectivity index (χ3n) is 19.8. The Balaban J connectivity index is 2.14. The van der Waals surface area contributed by atoms with Crippen molar-refractivity contribution in [2.75, 3.05) is 13.2 Å². The minimum absolute atomic E-state index is 0.247. The van der Waals surface area contributed by atoms with Crippen LogP contribution in [-0.4, -0.2) is 110 Å². The highest BCUT2D eigenvalue weighted by Gasteiger charge is 2.44. The van der Waals surface area contributed by atoms with Crippen LogP contribution >= 0.6 is 0 Å². The van der Waals surface area contributed by atoms with Gasteiger partial charge in [-0.3, -0.25) is 4.79 Å². The van der Waals surface area contributed by atoms with Crippen LogP contribution in [-0.2, 0) is 14.3 Å². The first-order valence-corrected chi connectivity index (χ1v) is 41.0. The molecule has 554 valence electrons. The van der Waals surface area contributed by atoms with E-state index in [4.69, 9.17) is 9.47 Å². The molecule has 1 aliphatic rings. The minimum Gasteiger partial charge on any atom is -0.394 e. The SMILES string of the molecule is CCCCCCCCCCCCCCCCC/C=C\C/C=C\CCCCCCCCCCCCCCCCCCC(O)C(=O)NC(COC1OC(CO)C(O)C(O)C1O)C(O)C(O)CCC/C=C/CC/C=C/CCCCCCCCCCCCCCCCCCCCCC. The molecule has 1 aliphatic heterocycles. The molecule has 1 rings (SSSR count). The lowest BCUT2D eigenvalue weighted by Gasteiger charge is -2.40. The highest BCUT2D eigenvalue weighted by atomic mass is 16.7. The average molecular weight is 1330 g/mol. The highest BCUT2D eigenvalue weighted by molar-refractivity contribution is 5.80. The molecule has 1 heterocycles. The van der Waals surface area contributed by atoms with Gasteiger partial charge in [0, 0.05) is 0 Å². The largest absolute Gasteiger partial charge is 0.394 e. The molecule has 11 heteroatoms. The topological polar surface area (TPSA) is 189 Å². The molecule has 0 bridgehead atoms. The molecule has 9 atom stereocenters. The van der Waals surface area contributed by atoms with E-state index in [1.807, 2.05) is 0 Å². The normalized spacial score (nSPS) is 18.4. The first-order chi connectivity index (χ1) is 46.2. The lowest BCUT2D eigenvalue weighted by molar-refractivity contribution is -0.303. The smallest absolute Gasteiger partial charge is 0.249 e. The summed E-state index contributed by atoms with van der Waals surface area (Å²) >= 11 is 0. The van der Waals surface area contributed by atoms with Crippen LogP contribution in [0.2, 0.25) is 0 Å². The average Bonchev–Trinajstić information content (AvgIpc) is 0.844. The minimum atomic E-state index is -1.67. The fraction of sp³-hybridized carbons (Fsp3) is 0.892. The lowest BCUT2D eigenvalue weighted by atomic mass is 9.98. The Bertz CT molecular complexity index is 1670. The van der Waals surface area contributed by atoms with Crippen molar-refractivity contribution in [3.8, 4) is 0 Å². The summed E-state index contributed by atoms with van der Waals surface area (Å²) in [5, 5.41) is 76.7. The number of ether oxygens (including phenoxy) is 2. The Morgan fingerprint density at radius 2 is 0.670 bits per heavy atom. The summed E-state index contributed by atoms with van der Waals surface area (Å²) < 4.78 is 11.2. The van der Waals surface area contributed by atoms with Gasteiger partial charge in [-0.25, -0.2) is 0 Å². The fourth-order valence-corrected chi connectivity index (χ4v) is 13.3. The van der Waals surface area contributed by atoms with Crippen molar-refractivity contribution in [1.29, 1.82) is 0 Å². The van der Waals surface area contributed by atoms with E-state index in [0.717, 1.165) is 44.9 Å². The zero-order valence-corrected chi connectivity index (χ0v) is 61.7. The molecule has 1 amide bonds. The molecule has 1 saturated heterocycles. The maximum atomic E-state index is 13.3. The van der Waals surface area contributed by atoms with E-state index >= 15 is 0 Å². The van der Waals surface area contributed by atoms with E-state index in [1.165, 1.54) is 315 Å². The first kappa shape index (κ1) is 90.1.